The molecule has 22 heavy (non-hydrogen) atoms. The van der Waals surface area contributed by atoms with Gasteiger partial charge in [0.15, 0.2) is 0 Å². The predicted molar refractivity (Wildman–Crippen MR) is 87.0 cm³/mol. The molecule has 0 aromatic rings. The van der Waals surface area contributed by atoms with E-state index in [2.05, 4.69) is 17.3 Å². The summed E-state index contributed by atoms with van der Waals surface area (Å²) in [6, 6.07) is 0.712. The second kappa shape index (κ2) is 7.75. The van der Waals surface area contributed by atoms with Gasteiger partial charge in [-0.05, 0) is 39.2 Å². The molecule has 0 spiro atoms. The molecule has 0 unspecified atom stereocenters. The van der Waals surface area contributed by atoms with Gasteiger partial charge in [-0.3, -0.25) is 4.79 Å². The first-order valence-corrected chi connectivity index (χ1v) is 10.0. The Hall–Kier alpha value is -0.660. The minimum Gasteiger partial charge on any atom is -0.355 e. The summed E-state index contributed by atoms with van der Waals surface area (Å²) in [5, 5.41) is 3.00. The Morgan fingerprint density at radius 1 is 1.23 bits per heavy atom. The maximum atomic E-state index is 12.1. The maximum Gasteiger partial charge on any atom is 0.223 e. The molecule has 6 nitrogen and oxygen atoms in total. The van der Waals surface area contributed by atoms with Gasteiger partial charge < -0.3 is 10.2 Å². The van der Waals surface area contributed by atoms with Crippen LogP contribution < -0.4 is 5.32 Å². The molecule has 128 valence electrons. The number of nitrogens with zero attached hydrogens (tertiary/aromatic N) is 2. The molecule has 1 aliphatic heterocycles. The first kappa shape index (κ1) is 17.7. The number of carbonyl (C=O) groups is 1. The van der Waals surface area contributed by atoms with Gasteiger partial charge in [0.1, 0.15) is 0 Å². The Labute approximate surface area is 134 Å². The number of piperidine rings is 1. The number of hydrogen-bond acceptors (Lipinski definition) is 4. The van der Waals surface area contributed by atoms with Crippen LogP contribution in [0.2, 0.25) is 0 Å². The van der Waals surface area contributed by atoms with Gasteiger partial charge in [-0.2, -0.15) is 0 Å². The van der Waals surface area contributed by atoms with Crippen LogP contribution in [0.4, 0.5) is 0 Å². The van der Waals surface area contributed by atoms with Gasteiger partial charge in [0, 0.05) is 38.1 Å². The number of hydrogen-bond donors (Lipinski definition) is 1. The van der Waals surface area contributed by atoms with Crippen molar-refractivity contribution in [3.63, 3.8) is 0 Å². The number of sulfonamides is 1. The van der Waals surface area contributed by atoms with E-state index in [4.69, 9.17) is 0 Å². The van der Waals surface area contributed by atoms with E-state index >= 15 is 0 Å². The topological polar surface area (TPSA) is 69.7 Å². The zero-order chi connectivity index (χ0) is 16.2. The van der Waals surface area contributed by atoms with E-state index in [1.165, 1.54) is 12.8 Å². The van der Waals surface area contributed by atoms with Gasteiger partial charge in [0.05, 0.1) is 5.75 Å². The van der Waals surface area contributed by atoms with Crippen LogP contribution in [0.5, 0.6) is 0 Å². The number of rotatable bonds is 8. The van der Waals surface area contributed by atoms with Gasteiger partial charge in [-0.1, -0.05) is 6.92 Å². The van der Waals surface area contributed by atoms with Crippen molar-refractivity contribution in [1.82, 2.24) is 14.5 Å². The lowest BCUT2D eigenvalue weighted by atomic mass is 9.97. The molecule has 1 aliphatic carbocycles. The van der Waals surface area contributed by atoms with E-state index in [0.29, 0.717) is 44.9 Å². The van der Waals surface area contributed by atoms with Crippen LogP contribution in [0.1, 0.15) is 39.0 Å². The fourth-order valence-electron chi connectivity index (χ4n) is 2.98. The lowest BCUT2D eigenvalue weighted by Gasteiger charge is -2.30. The summed E-state index contributed by atoms with van der Waals surface area (Å²) in [4.78, 5) is 14.4. The molecular formula is C15H29N3O3S. The van der Waals surface area contributed by atoms with E-state index in [1.54, 1.807) is 4.31 Å². The van der Waals surface area contributed by atoms with Crippen molar-refractivity contribution in [1.29, 1.82) is 0 Å². The summed E-state index contributed by atoms with van der Waals surface area (Å²) in [6.45, 7) is 4.39. The number of likely N-dealkylation sites (N-methyl/N-ethyl adjacent to an activating group) is 1. The SMILES string of the molecule is CCCS(=O)(=O)N1CCC(C(=O)NCCN(C)C2CC2)CC1. The highest BCUT2D eigenvalue weighted by Gasteiger charge is 2.30. The molecule has 1 heterocycles. The molecule has 0 aromatic heterocycles. The molecule has 7 heteroatoms. The van der Waals surface area contributed by atoms with E-state index in [0.717, 1.165) is 6.54 Å². The summed E-state index contributed by atoms with van der Waals surface area (Å²) in [7, 11) is -1.02. The predicted octanol–water partition coefficient (Wildman–Crippen LogP) is 0.649. The quantitative estimate of drug-likeness (QED) is 0.709. The van der Waals surface area contributed by atoms with E-state index < -0.39 is 10.0 Å². The average Bonchev–Trinajstić information content (AvgIpc) is 3.32. The largest absolute Gasteiger partial charge is 0.355 e. The molecule has 0 bridgehead atoms. The van der Waals surface area contributed by atoms with Gasteiger partial charge in [0.2, 0.25) is 15.9 Å². The molecule has 1 saturated heterocycles. The third kappa shape index (κ3) is 4.93. The third-order valence-electron chi connectivity index (χ3n) is 4.61. The first-order valence-electron chi connectivity index (χ1n) is 8.40. The molecule has 2 fully saturated rings. The normalized spacial score (nSPS) is 21.2. The van der Waals surface area contributed by atoms with Crippen molar-refractivity contribution in [3.05, 3.63) is 0 Å². The van der Waals surface area contributed by atoms with Crippen LogP contribution in [0.15, 0.2) is 0 Å². The smallest absolute Gasteiger partial charge is 0.223 e. The van der Waals surface area contributed by atoms with Crippen molar-refractivity contribution in [2.45, 2.75) is 45.1 Å². The molecule has 1 saturated carbocycles. The summed E-state index contributed by atoms with van der Waals surface area (Å²) >= 11 is 0. The van der Waals surface area contributed by atoms with Crippen LogP contribution >= 0.6 is 0 Å². The van der Waals surface area contributed by atoms with Crippen LogP contribution in [0.3, 0.4) is 0 Å². The van der Waals surface area contributed by atoms with Crippen molar-refractivity contribution in [3.8, 4) is 0 Å². The second-order valence-corrected chi connectivity index (χ2v) is 8.58. The zero-order valence-corrected chi connectivity index (χ0v) is 14.6. The highest BCUT2D eigenvalue weighted by Crippen LogP contribution is 2.24. The Morgan fingerprint density at radius 3 is 2.41 bits per heavy atom. The van der Waals surface area contributed by atoms with Crippen molar-refractivity contribution < 1.29 is 13.2 Å². The lowest BCUT2D eigenvalue weighted by Crippen LogP contribution is -2.44. The van der Waals surface area contributed by atoms with Crippen molar-refractivity contribution in [2.75, 3.05) is 39.0 Å². The van der Waals surface area contributed by atoms with E-state index in [9.17, 15) is 13.2 Å². The Bertz CT molecular complexity index is 468. The number of carbonyl (C=O) groups excluding carboxylic acids is 1. The number of nitrogens with one attached hydrogen (secondary N) is 1. The minimum absolute atomic E-state index is 0.0423. The van der Waals surface area contributed by atoms with E-state index in [1.807, 2.05) is 6.92 Å². The molecular weight excluding hydrogens is 302 g/mol. The summed E-state index contributed by atoms with van der Waals surface area (Å²) in [5.74, 6) is 0.244. The van der Waals surface area contributed by atoms with Gasteiger partial charge in [-0.15, -0.1) is 0 Å². The summed E-state index contributed by atoms with van der Waals surface area (Å²) in [6.07, 6.45) is 4.45. The Balaban J connectivity index is 1.68. The third-order valence-corrected chi connectivity index (χ3v) is 6.69. The monoisotopic (exact) mass is 331 g/mol. The van der Waals surface area contributed by atoms with Gasteiger partial charge >= 0.3 is 0 Å². The van der Waals surface area contributed by atoms with Crippen LogP contribution in [0.25, 0.3) is 0 Å². The molecule has 2 rings (SSSR count). The Morgan fingerprint density at radius 2 is 1.86 bits per heavy atom. The zero-order valence-electron chi connectivity index (χ0n) is 13.8. The average molecular weight is 331 g/mol. The Kier molecular flexibility index (Phi) is 6.23. The van der Waals surface area contributed by atoms with Gasteiger partial charge in [-0.25, -0.2) is 12.7 Å². The van der Waals surface area contributed by atoms with Crippen molar-refractivity contribution in [2.24, 2.45) is 5.92 Å². The van der Waals surface area contributed by atoms with Crippen LogP contribution in [0, 0.1) is 5.92 Å². The fraction of sp³-hybridized carbons (Fsp3) is 0.933. The molecule has 0 aromatic carbocycles. The van der Waals surface area contributed by atoms with Crippen LogP contribution in [-0.4, -0.2) is 68.6 Å². The molecule has 1 N–H and O–H groups in total. The first-order chi connectivity index (χ1) is 10.4. The highest BCUT2D eigenvalue weighted by molar-refractivity contribution is 7.89. The standard InChI is InChI=1S/C15H29N3O3S/c1-3-12-22(20,21)18-9-6-13(7-10-18)15(19)16-8-11-17(2)14-4-5-14/h13-14H,3-12H2,1-2H3,(H,16,19). The fourth-order valence-corrected chi connectivity index (χ4v) is 4.52. The molecule has 0 radical (unpaired) electrons. The number of amides is 1. The van der Waals surface area contributed by atoms with E-state index in [-0.39, 0.29) is 17.6 Å². The summed E-state index contributed by atoms with van der Waals surface area (Å²) < 4.78 is 25.5. The molecule has 0 atom stereocenters. The summed E-state index contributed by atoms with van der Waals surface area (Å²) in [5.41, 5.74) is 0. The molecule has 2 aliphatic rings. The van der Waals surface area contributed by atoms with Crippen molar-refractivity contribution >= 4 is 15.9 Å². The second-order valence-electron chi connectivity index (χ2n) is 6.49. The minimum atomic E-state index is -3.12. The lowest BCUT2D eigenvalue weighted by molar-refractivity contribution is -0.126. The highest BCUT2D eigenvalue weighted by atomic mass is 32.2. The van der Waals surface area contributed by atoms with Crippen LogP contribution in [-0.2, 0) is 14.8 Å². The van der Waals surface area contributed by atoms with Gasteiger partial charge in [0.25, 0.3) is 0 Å². The maximum absolute atomic E-state index is 12.1. The molecule has 1 amide bonds.